The maximum Gasteiger partial charge on any atom is 0.353 e. The molecule has 23 heavy (non-hydrogen) atoms. The second kappa shape index (κ2) is 5.91. The van der Waals surface area contributed by atoms with Gasteiger partial charge in [-0.15, -0.1) is 0 Å². The number of β-lactam (4-membered cyclic amide) rings is 1. The van der Waals surface area contributed by atoms with E-state index in [1.54, 1.807) is 0 Å². The minimum atomic E-state index is -1.41. The third kappa shape index (κ3) is 2.75. The van der Waals surface area contributed by atoms with E-state index in [2.05, 4.69) is 13.1 Å². The van der Waals surface area contributed by atoms with Crippen LogP contribution in [0.2, 0.25) is 13.1 Å². The smallest absolute Gasteiger partial charge is 0.353 e. The number of hydrogen-bond acceptors (Lipinski definition) is 5. The Morgan fingerprint density at radius 3 is 2.30 bits per heavy atom. The average molecular weight is 360 g/mol. The van der Waals surface area contributed by atoms with E-state index in [1.165, 1.54) is 16.7 Å². The molecule has 1 amide bonds. The third-order valence-electron chi connectivity index (χ3n) is 4.72. The molecular formula is C15H25NO5SSi. The van der Waals surface area contributed by atoms with Crippen molar-refractivity contribution in [1.29, 1.82) is 0 Å². The van der Waals surface area contributed by atoms with Gasteiger partial charge in [-0.25, -0.2) is 4.79 Å². The summed E-state index contributed by atoms with van der Waals surface area (Å²) in [6, 6.07) is 0. The minimum Gasteiger partial charge on any atom is -0.477 e. The van der Waals surface area contributed by atoms with E-state index in [4.69, 9.17) is 4.43 Å². The first kappa shape index (κ1) is 18.5. The van der Waals surface area contributed by atoms with Gasteiger partial charge in [-0.3, -0.25) is 9.69 Å². The molecule has 3 atom stereocenters. The van der Waals surface area contributed by atoms with Crippen LogP contribution in [0.25, 0.3) is 0 Å². The molecule has 2 rings (SSSR count). The summed E-state index contributed by atoms with van der Waals surface area (Å²) in [4.78, 5) is 25.8. The molecule has 2 aliphatic heterocycles. The highest BCUT2D eigenvalue weighted by Gasteiger charge is 2.65. The van der Waals surface area contributed by atoms with Crippen LogP contribution >= 0.6 is 11.8 Å². The fraction of sp³-hybridized carbons (Fsp3) is 0.733. The molecule has 0 aromatic rings. The molecule has 2 heterocycles. The second-order valence-electron chi connectivity index (χ2n) is 7.45. The first-order valence-corrected chi connectivity index (χ1v) is 11.4. The van der Waals surface area contributed by atoms with Crippen LogP contribution in [-0.2, 0) is 14.0 Å². The molecule has 0 aliphatic carbocycles. The van der Waals surface area contributed by atoms with Gasteiger partial charge in [0.1, 0.15) is 11.1 Å². The molecule has 0 aromatic heterocycles. The number of carboxylic acids is 1. The summed E-state index contributed by atoms with van der Waals surface area (Å²) in [5.74, 6) is -1.82. The maximum absolute atomic E-state index is 12.8. The Hall–Kier alpha value is -0.833. The van der Waals surface area contributed by atoms with Gasteiger partial charge < -0.3 is 14.6 Å². The molecule has 1 saturated heterocycles. The highest BCUT2D eigenvalue weighted by molar-refractivity contribution is 8.04. The summed E-state index contributed by atoms with van der Waals surface area (Å²) >= 11 is 1.27. The number of nitrogens with zero attached hydrogens (tertiary/aromatic N) is 1. The van der Waals surface area contributed by atoms with Gasteiger partial charge in [0.25, 0.3) is 0 Å². The van der Waals surface area contributed by atoms with Crippen LogP contribution < -0.4 is 0 Å². The van der Waals surface area contributed by atoms with E-state index in [-0.39, 0.29) is 29.0 Å². The number of aliphatic carboxylic acids is 1. The monoisotopic (exact) mass is 359 g/mol. The predicted molar refractivity (Wildman–Crippen MR) is 91.3 cm³/mol. The van der Waals surface area contributed by atoms with E-state index < -0.39 is 26.5 Å². The standard InChI is InChI=1S/C15H25NO5SSi/c1-14(2,3)15(4,21-23(5)6)9-11(18)16-10(13(19)20)8(7-17)22-12(9)16/h9,12,17,23H,7H2,1-6H3,(H,19,20)/t9-,12+,15+/m0/s1. The molecule has 0 unspecified atom stereocenters. The van der Waals surface area contributed by atoms with Gasteiger partial charge in [0.2, 0.25) is 5.91 Å². The number of rotatable bonds is 5. The molecule has 0 spiro atoms. The van der Waals surface area contributed by atoms with Crippen LogP contribution in [-0.4, -0.2) is 53.6 Å². The van der Waals surface area contributed by atoms with Crippen molar-refractivity contribution in [2.45, 2.75) is 51.8 Å². The number of amides is 1. The topological polar surface area (TPSA) is 87.1 Å². The average Bonchev–Trinajstić information content (AvgIpc) is 2.70. The quantitative estimate of drug-likeness (QED) is 0.573. The van der Waals surface area contributed by atoms with E-state index in [0.29, 0.717) is 4.91 Å². The van der Waals surface area contributed by atoms with Crippen LogP contribution in [0, 0.1) is 11.3 Å². The number of carboxylic acid groups (broad SMARTS) is 1. The number of hydrogen-bond donors (Lipinski definition) is 2. The highest BCUT2D eigenvalue weighted by atomic mass is 32.2. The lowest BCUT2D eigenvalue weighted by atomic mass is 9.66. The SMILES string of the molecule is C[SiH](C)O[C@](C)([C@H]1C(=O)N2C(C(=O)O)=C(CO)S[C@H]12)C(C)(C)C. The Kier molecular flexibility index (Phi) is 4.75. The van der Waals surface area contributed by atoms with Gasteiger partial charge in [0.15, 0.2) is 9.04 Å². The Morgan fingerprint density at radius 1 is 1.35 bits per heavy atom. The zero-order valence-electron chi connectivity index (χ0n) is 14.4. The molecule has 0 saturated carbocycles. The number of carbonyl (C=O) groups is 2. The van der Waals surface area contributed by atoms with Crippen molar-refractivity contribution < 1.29 is 24.2 Å². The Balaban J connectivity index is 2.38. The zero-order chi connectivity index (χ0) is 17.7. The second-order valence-corrected chi connectivity index (χ2v) is 11.0. The normalized spacial score (nSPS) is 27.1. The molecule has 0 aromatic carbocycles. The van der Waals surface area contributed by atoms with E-state index in [1.807, 2.05) is 27.7 Å². The van der Waals surface area contributed by atoms with Crippen LogP contribution in [0.4, 0.5) is 0 Å². The summed E-state index contributed by atoms with van der Waals surface area (Å²) in [6.07, 6.45) is 0. The molecule has 130 valence electrons. The first-order valence-electron chi connectivity index (χ1n) is 7.70. The van der Waals surface area contributed by atoms with Crippen LogP contribution in [0.15, 0.2) is 10.6 Å². The number of fused-ring (bicyclic) bond motifs is 1. The largest absolute Gasteiger partial charge is 0.477 e. The summed E-state index contributed by atoms with van der Waals surface area (Å²) < 4.78 is 6.30. The number of aliphatic hydroxyl groups is 1. The van der Waals surface area contributed by atoms with Crippen molar-refractivity contribution in [2.24, 2.45) is 11.3 Å². The summed E-state index contributed by atoms with van der Waals surface area (Å²) in [5.41, 5.74) is -1.03. The van der Waals surface area contributed by atoms with Gasteiger partial charge >= 0.3 is 5.97 Å². The summed E-state index contributed by atoms with van der Waals surface area (Å²) in [7, 11) is -1.41. The van der Waals surface area contributed by atoms with Crippen LogP contribution in [0.3, 0.4) is 0 Å². The number of carbonyl (C=O) groups excluding carboxylic acids is 1. The molecular weight excluding hydrogens is 334 g/mol. The van der Waals surface area contributed by atoms with E-state index >= 15 is 0 Å². The van der Waals surface area contributed by atoms with Crippen molar-refractivity contribution >= 4 is 32.7 Å². The molecule has 0 bridgehead atoms. The fourth-order valence-electron chi connectivity index (χ4n) is 3.21. The predicted octanol–water partition coefficient (Wildman–Crippen LogP) is 1.61. The number of thioether (sulfide) groups is 1. The fourth-order valence-corrected chi connectivity index (χ4v) is 6.18. The molecule has 1 fully saturated rings. The van der Waals surface area contributed by atoms with Gasteiger partial charge in [-0.1, -0.05) is 32.5 Å². The van der Waals surface area contributed by atoms with Gasteiger partial charge in [0.05, 0.1) is 18.1 Å². The molecule has 0 radical (unpaired) electrons. The Morgan fingerprint density at radius 2 is 1.91 bits per heavy atom. The van der Waals surface area contributed by atoms with E-state index in [9.17, 15) is 19.8 Å². The van der Waals surface area contributed by atoms with E-state index in [0.717, 1.165) is 0 Å². The van der Waals surface area contributed by atoms with Gasteiger partial charge in [-0.05, 0) is 25.4 Å². The Bertz CT molecular complexity index is 571. The summed E-state index contributed by atoms with van der Waals surface area (Å²) in [6.45, 7) is 11.8. The van der Waals surface area contributed by atoms with Crippen molar-refractivity contribution in [2.75, 3.05) is 6.61 Å². The first-order chi connectivity index (χ1) is 10.5. The highest BCUT2D eigenvalue weighted by Crippen LogP contribution is 2.56. The number of aliphatic hydroxyl groups excluding tert-OH is 1. The van der Waals surface area contributed by atoms with Gasteiger partial charge in [0, 0.05) is 4.91 Å². The van der Waals surface area contributed by atoms with Gasteiger partial charge in [-0.2, -0.15) is 0 Å². The molecule has 2 aliphatic rings. The molecule has 2 N–H and O–H groups in total. The maximum atomic E-state index is 12.8. The lowest BCUT2D eigenvalue weighted by Gasteiger charge is -2.56. The minimum absolute atomic E-state index is 0.0817. The van der Waals surface area contributed by atoms with Crippen LogP contribution in [0.1, 0.15) is 27.7 Å². The molecule has 8 heteroatoms. The van der Waals surface area contributed by atoms with Crippen molar-refractivity contribution in [3.05, 3.63) is 10.6 Å². The summed E-state index contributed by atoms with van der Waals surface area (Å²) in [5, 5.41) is 18.5. The van der Waals surface area contributed by atoms with Crippen LogP contribution in [0.5, 0.6) is 0 Å². The van der Waals surface area contributed by atoms with Crippen molar-refractivity contribution in [3.63, 3.8) is 0 Å². The van der Waals surface area contributed by atoms with Crippen molar-refractivity contribution in [1.82, 2.24) is 4.90 Å². The Labute approximate surface area is 142 Å². The lowest BCUT2D eigenvalue weighted by Crippen LogP contribution is -2.69. The lowest BCUT2D eigenvalue weighted by molar-refractivity contribution is -0.173. The third-order valence-corrected chi connectivity index (χ3v) is 7.01. The molecule has 6 nitrogen and oxygen atoms in total. The van der Waals surface area contributed by atoms with Crippen molar-refractivity contribution in [3.8, 4) is 0 Å². The zero-order valence-corrected chi connectivity index (χ0v) is 16.4.